The molecule has 3 nitrogen and oxygen atoms in total. The van der Waals surface area contributed by atoms with E-state index in [1.165, 1.54) is 0 Å². The molecule has 0 spiro atoms. The van der Waals surface area contributed by atoms with Gasteiger partial charge in [-0.05, 0) is 60.7 Å². The number of aromatic nitrogens is 1. The highest BCUT2D eigenvalue weighted by Crippen LogP contribution is 2.17. The van der Waals surface area contributed by atoms with E-state index in [0.29, 0.717) is 18.7 Å². The maximum absolute atomic E-state index is 12.1. The Balaban J connectivity index is 1.90. The highest BCUT2D eigenvalue weighted by molar-refractivity contribution is 9.10. The summed E-state index contributed by atoms with van der Waals surface area (Å²) < 4.78 is 1.04. The Morgan fingerprint density at radius 1 is 1.20 bits per heavy atom. The quantitative estimate of drug-likeness (QED) is 0.600. The molecule has 4 heteroatoms. The summed E-state index contributed by atoms with van der Waals surface area (Å²) in [5.74, 6) is 0.555. The summed E-state index contributed by atoms with van der Waals surface area (Å²) in [6, 6.07) is 11.8. The molecule has 0 saturated heterocycles. The molecule has 1 aromatic heterocycles. The third-order valence-corrected chi connectivity index (χ3v) is 4.29. The molecule has 0 fully saturated rings. The highest BCUT2D eigenvalue weighted by Gasteiger charge is 2.05. The number of amides is 1. The molecule has 1 heterocycles. The molecule has 130 valence electrons. The number of halogens is 1. The van der Waals surface area contributed by atoms with Crippen LogP contribution in [0.5, 0.6) is 0 Å². The zero-order chi connectivity index (χ0) is 18.1. The van der Waals surface area contributed by atoms with Gasteiger partial charge in [0.1, 0.15) is 5.82 Å². The molecular weight excluding hydrogens is 376 g/mol. The molecule has 1 amide bonds. The van der Waals surface area contributed by atoms with Crippen LogP contribution in [-0.2, 0) is 11.2 Å². The predicted octanol–water partition coefficient (Wildman–Crippen LogP) is 5.78. The number of anilines is 1. The Kier molecular flexibility index (Phi) is 7.61. The molecule has 25 heavy (non-hydrogen) atoms. The van der Waals surface area contributed by atoms with Gasteiger partial charge in [-0.3, -0.25) is 4.79 Å². The summed E-state index contributed by atoms with van der Waals surface area (Å²) in [6.07, 6.45) is 10.2. The van der Waals surface area contributed by atoms with E-state index in [0.717, 1.165) is 27.6 Å². The van der Waals surface area contributed by atoms with Crippen molar-refractivity contribution in [2.75, 3.05) is 5.32 Å². The second-order valence-corrected chi connectivity index (χ2v) is 6.58. The van der Waals surface area contributed by atoms with Crippen molar-refractivity contribution >= 4 is 33.2 Å². The number of aryl methyl sites for hydroxylation is 1. The first-order valence-electron chi connectivity index (χ1n) is 8.46. The largest absolute Gasteiger partial charge is 0.311 e. The fourth-order valence-electron chi connectivity index (χ4n) is 2.36. The Morgan fingerprint density at radius 3 is 2.56 bits per heavy atom. The predicted molar refractivity (Wildman–Crippen MR) is 108 cm³/mol. The van der Waals surface area contributed by atoms with E-state index in [1.807, 2.05) is 43.3 Å². The third-order valence-electron chi connectivity index (χ3n) is 3.76. The SMILES string of the molecule is C/C=C(\C=C/CC)c1ccc(NC(=O)CCc2ccc(Br)cc2)nc1. The average Bonchev–Trinajstić information content (AvgIpc) is 2.63. The van der Waals surface area contributed by atoms with Gasteiger partial charge in [-0.25, -0.2) is 4.98 Å². The van der Waals surface area contributed by atoms with Gasteiger partial charge >= 0.3 is 0 Å². The molecule has 1 aromatic carbocycles. The number of allylic oxidation sites excluding steroid dienone is 4. The van der Waals surface area contributed by atoms with Crippen LogP contribution in [0, 0.1) is 0 Å². The van der Waals surface area contributed by atoms with Crippen LogP contribution in [0.2, 0.25) is 0 Å². The molecular formula is C21H23BrN2O. The summed E-state index contributed by atoms with van der Waals surface area (Å²) >= 11 is 3.41. The topological polar surface area (TPSA) is 42.0 Å². The minimum absolute atomic E-state index is 0.0275. The zero-order valence-corrected chi connectivity index (χ0v) is 16.2. The standard InChI is InChI=1S/C21H23BrN2O/c1-3-5-6-17(4-2)18-10-13-20(23-15-18)24-21(25)14-9-16-7-11-19(22)12-8-16/h4-8,10-13,15H,3,9,14H2,1-2H3,(H,23,24,25)/b6-5-,17-4+. The van der Waals surface area contributed by atoms with Gasteiger partial charge in [-0.2, -0.15) is 0 Å². The zero-order valence-electron chi connectivity index (χ0n) is 14.6. The van der Waals surface area contributed by atoms with E-state index in [4.69, 9.17) is 0 Å². The van der Waals surface area contributed by atoms with Crippen LogP contribution in [0.15, 0.2) is 65.3 Å². The lowest BCUT2D eigenvalue weighted by Gasteiger charge is -2.07. The van der Waals surface area contributed by atoms with Gasteiger partial charge in [0.25, 0.3) is 0 Å². The van der Waals surface area contributed by atoms with Crippen LogP contribution in [0.4, 0.5) is 5.82 Å². The summed E-state index contributed by atoms with van der Waals surface area (Å²) in [5, 5.41) is 2.85. The number of rotatable bonds is 7. The number of nitrogens with zero attached hydrogens (tertiary/aromatic N) is 1. The minimum Gasteiger partial charge on any atom is -0.311 e. The van der Waals surface area contributed by atoms with Crippen molar-refractivity contribution < 1.29 is 4.79 Å². The number of pyridine rings is 1. The van der Waals surface area contributed by atoms with Gasteiger partial charge in [0.15, 0.2) is 0 Å². The van der Waals surface area contributed by atoms with Crippen molar-refractivity contribution in [3.05, 3.63) is 76.4 Å². The van der Waals surface area contributed by atoms with Crippen molar-refractivity contribution in [1.29, 1.82) is 0 Å². The number of benzene rings is 1. The molecule has 0 unspecified atom stereocenters. The molecule has 1 N–H and O–H groups in total. The molecule has 0 radical (unpaired) electrons. The van der Waals surface area contributed by atoms with Crippen LogP contribution in [0.1, 0.15) is 37.8 Å². The number of hydrogen-bond donors (Lipinski definition) is 1. The van der Waals surface area contributed by atoms with E-state index in [1.54, 1.807) is 6.20 Å². The fourth-order valence-corrected chi connectivity index (χ4v) is 2.62. The molecule has 0 aliphatic rings. The van der Waals surface area contributed by atoms with Gasteiger partial charge in [-0.1, -0.05) is 53.2 Å². The van der Waals surface area contributed by atoms with Gasteiger partial charge < -0.3 is 5.32 Å². The third kappa shape index (κ3) is 6.31. The number of carbonyl (C=O) groups is 1. The minimum atomic E-state index is -0.0275. The molecule has 2 rings (SSSR count). The van der Waals surface area contributed by atoms with Crippen LogP contribution in [0.25, 0.3) is 5.57 Å². The molecule has 0 aliphatic heterocycles. The second kappa shape index (κ2) is 9.94. The summed E-state index contributed by atoms with van der Waals surface area (Å²) in [5.41, 5.74) is 3.31. The monoisotopic (exact) mass is 398 g/mol. The average molecular weight is 399 g/mol. The van der Waals surface area contributed by atoms with Crippen molar-refractivity contribution in [3.8, 4) is 0 Å². The molecule has 2 aromatic rings. The highest BCUT2D eigenvalue weighted by atomic mass is 79.9. The maximum atomic E-state index is 12.1. The Hall–Kier alpha value is -2.20. The fraction of sp³-hybridized carbons (Fsp3) is 0.238. The van der Waals surface area contributed by atoms with Crippen LogP contribution >= 0.6 is 15.9 Å². The van der Waals surface area contributed by atoms with Gasteiger partial charge in [0.05, 0.1) is 0 Å². The van der Waals surface area contributed by atoms with E-state index in [2.05, 4.69) is 51.4 Å². The first-order chi connectivity index (χ1) is 12.1. The van der Waals surface area contributed by atoms with Crippen molar-refractivity contribution in [2.45, 2.75) is 33.1 Å². The first-order valence-corrected chi connectivity index (χ1v) is 9.25. The molecule has 0 atom stereocenters. The lowest BCUT2D eigenvalue weighted by atomic mass is 10.1. The van der Waals surface area contributed by atoms with Crippen molar-refractivity contribution in [2.24, 2.45) is 0 Å². The first kappa shape index (κ1) is 19.1. The second-order valence-electron chi connectivity index (χ2n) is 5.66. The summed E-state index contributed by atoms with van der Waals surface area (Å²) in [7, 11) is 0. The van der Waals surface area contributed by atoms with Gasteiger partial charge in [-0.15, -0.1) is 0 Å². The van der Waals surface area contributed by atoms with E-state index in [9.17, 15) is 4.79 Å². The molecule has 0 aliphatic carbocycles. The van der Waals surface area contributed by atoms with Gasteiger partial charge in [0, 0.05) is 17.1 Å². The maximum Gasteiger partial charge on any atom is 0.225 e. The van der Waals surface area contributed by atoms with Crippen LogP contribution in [-0.4, -0.2) is 10.9 Å². The Labute approximate surface area is 158 Å². The summed E-state index contributed by atoms with van der Waals surface area (Å²) in [6.45, 7) is 4.11. The smallest absolute Gasteiger partial charge is 0.225 e. The Bertz CT molecular complexity index is 746. The number of hydrogen-bond acceptors (Lipinski definition) is 2. The lowest BCUT2D eigenvalue weighted by molar-refractivity contribution is -0.116. The van der Waals surface area contributed by atoms with Crippen molar-refractivity contribution in [3.63, 3.8) is 0 Å². The van der Waals surface area contributed by atoms with Crippen LogP contribution in [0.3, 0.4) is 0 Å². The normalized spacial score (nSPS) is 11.7. The van der Waals surface area contributed by atoms with Crippen molar-refractivity contribution in [1.82, 2.24) is 4.98 Å². The van der Waals surface area contributed by atoms with E-state index in [-0.39, 0.29) is 5.91 Å². The van der Waals surface area contributed by atoms with Crippen LogP contribution < -0.4 is 5.32 Å². The lowest BCUT2D eigenvalue weighted by Crippen LogP contribution is -2.13. The number of nitrogens with one attached hydrogen (secondary N) is 1. The Morgan fingerprint density at radius 2 is 1.96 bits per heavy atom. The molecule has 0 bridgehead atoms. The number of carbonyl (C=O) groups excluding carboxylic acids is 1. The van der Waals surface area contributed by atoms with E-state index < -0.39 is 0 Å². The van der Waals surface area contributed by atoms with E-state index >= 15 is 0 Å². The molecule has 0 saturated carbocycles. The van der Waals surface area contributed by atoms with Gasteiger partial charge in [0.2, 0.25) is 5.91 Å². The summed E-state index contributed by atoms with van der Waals surface area (Å²) in [4.78, 5) is 16.4.